The Bertz CT molecular complexity index is 604. The molecule has 2 aromatic carbocycles. The van der Waals surface area contributed by atoms with Crippen LogP contribution < -0.4 is 5.32 Å². The lowest BCUT2D eigenvalue weighted by Crippen LogP contribution is -2.17. The highest BCUT2D eigenvalue weighted by Gasteiger charge is 2.06. The van der Waals surface area contributed by atoms with Crippen molar-refractivity contribution in [2.24, 2.45) is 0 Å². The van der Waals surface area contributed by atoms with E-state index in [-0.39, 0.29) is 0 Å². The average molecular weight is 366 g/mol. The summed E-state index contributed by atoms with van der Waals surface area (Å²) in [7, 11) is 0. The van der Waals surface area contributed by atoms with Gasteiger partial charge in [0.2, 0.25) is 0 Å². The van der Waals surface area contributed by atoms with E-state index in [0.717, 1.165) is 28.9 Å². The van der Waals surface area contributed by atoms with Crippen LogP contribution in [0.15, 0.2) is 57.9 Å². The van der Waals surface area contributed by atoms with Crippen molar-refractivity contribution in [3.05, 3.63) is 64.1 Å². The van der Waals surface area contributed by atoms with Gasteiger partial charge in [-0.1, -0.05) is 40.2 Å². The second-order valence-corrected chi connectivity index (χ2v) is 6.47. The Morgan fingerprint density at radius 1 is 1.19 bits per heavy atom. The van der Waals surface area contributed by atoms with Gasteiger partial charge in [0.15, 0.2) is 0 Å². The van der Waals surface area contributed by atoms with Crippen LogP contribution in [-0.4, -0.2) is 23.4 Å². The first-order chi connectivity index (χ1) is 10.2. The molecule has 0 aliphatic carbocycles. The van der Waals surface area contributed by atoms with Crippen molar-refractivity contribution in [2.75, 3.05) is 12.3 Å². The van der Waals surface area contributed by atoms with Gasteiger partial charge in [0.05, 0.1) is 5.56 Å². The van der Waals surface area contributed by atoms with E-state index in [2.05, 4.69) is 33.4 Å². The molecule has 0 radical (unpaired) electrons. The van der Waals surface area contributed by atoms with Crippen molar-refractivity contribution in [3.63, 3.8) is 0 Å². The topological polar surface area (TPSA) is 49.3 Å². The molecule has 2 rings (SSSR count). The van der Waals surface area contributed by atoms with Gasteiger partial charge in [0.25, 0.3) is 0 Å². The summed E-state index contributed by atoms with van der Waals surface area (Å²) in [5, 5.41) is 12.3. The van der Waals surface area contributed by atoms with Crippen molar-refractivity contribution >= 4 is 33.7 Å². The Morgan fingerprint density at radius 2 is 1.95 bits per heavy atom. The summed E-state index contributed by atoms with van der Waals surface area (Å²) in [6, 6.07) is 15.4. The van der Waals surface area contributed by atoms with Crippen LogP contribution in [0, 0.1) is 0 Å². The van der Waals surface area contributed by atoms with Crippen LogP contribution in [0.5, 0.6) is 0 Å². The largest absolute Gasteiger partial charge is 0.478 e. The molecule has 0 amide bonds. The Hall–Kier alpha value is -1.30. The van der Waals surface area contributed by atoms with E-state index in [9.17, 15) is 4.79 Å². The maximum atomic E-state index is 10.9. The van der Waals surface area contributed by atoms with Crippen LogP contribution >= 0.6 is 27.7 Å². The van der Waals surface area contributed by atoms with Crippen molar-refractivity contribution < 1.29 is 9.90 Å². The van der Waals surface area contributed by atoms with E-state index < -0.39 is 5.97 Å². The van der Waals surface area contributed by atoms with Crippen molar-refractivity contribution in [3.8, 4) is 0 Å². The summed E-state index contributed by atoms with van der Waals surface area (Å²) in [6.45, 7) is 1.61. The number of rotatable bonds is 7. The first kappa shape index (κ1) is 16.1. The molecular formula is C16H16BrNO2S. The summed E-state index contributed by atoms with van der Waals surface area (Å²) in [5.41, 5.74) is 1.36. The van der Waals surface area contributed by atoms with Gasteiger partial charge in [-0.3, -0.25) is 0 Å². The summed E-state index contributed by atoms with van der Waals surface area (Å²) in [6.07, 6.45) is 0. The third-order valence-electron chi connectivity index (χ3n) is 2.91. The van der Waals surface area contributed by atoms with E-state index in [0.29, 0.717) is 5.56 Å². The van der Waals surface area contributed by atoms with Crippen LogP contribution in [0.25, 0.3) is 0 Å². The number of nitrogens with one attached hydrogen (secondary N) is 1. The minimum absolute atomic E-state index is 0.297. The highest BCUT2D eigenvalue weighted by Crippen LogP contribution is 2.19. The van der Waals surface area contributed by atoms with E-state index in [1.807, 2.05) is 36.0 Å². The Balaban J connectivity index is 1.75. The third-order valence-corrected chi connectivity index (χ3v) is 4.66. The maximum Gasteiger partial charge on any atom is 0.335 e. The highest BCUT2D eigenvalue weighted by molar-refractivity contribution is 9.10. The first-order valence-electron chi connectivity index (χ1n) is 6.57. The number of carbonyl (C=O) groups is 1. The van der Waals surface area contributed by atoms with E-state index >= 15 is 0 Å². The molecule has 0 aliphatic heterocycles. The van der Waals surface area contributed by atoms with Gasteiger partial charge in [0, 0.05) is 28.2 Å². The fourth-order valence-corrected chi connectivity index (χ4v) is 3.16. The van der Waals surface area contributed by atoms with Crippen LogP contribution in [0.4, 0.5) is 0 Å². The van der Waals surface area contributed by atoms with Gasteiger partial charge in [-0.15, -0.1) is 11.8 Å². The minimum Gasteiger partial charge on any atom is -0.478 e. The number of aromatic carboxylic acids is 1. The van der Waals surface area contributed by atoms with Crippen molar-refractivity contribution in [1.29, 1.82) is 0 Å². The molecule has 21 heavy (non-hydrogen) atoms. The molecule has 2 aromatic rings. The molecule has 0 atom stereocenters. The predicted molar refractivity (Wildman–Crippen MR) is 90.0 cm³/mol. The lowest BCUT2D eigenvalue weighted by atomic mass is 10.1. The second kappa shape index (κ2) is 8.22. The van der Waals surface area contributed by atoms with Gasteiger partial charge < -0.3 is 10.4 Å². The predicted octanol–water partition coefficient (Wildman–Crippen LogP) is 4.03. The van der Waals surface area contributed by atoms with Gasteiger partial charge in [-0.25, -0.2) is 4.79 Å². The number of hydrogen-bond acceptors (Lipinski definition) is 3. The number of carboxylic acids is 1. The fraction of sp³-hybridized carbons (Fsp3) is 0.188. The minimum atomic E-state index is -0.908. The maximum absolute atomic E-state index is 10.9. The molecule has 0 aromatic heterocycles. The molecule has 0 spiro atoms. The lowest BCUT2D eigenvalue weighted by Gasteiger charge is -2.08. The molecule has 0 fully saturated rings. The highest BCUT2D eigenvalue weighted by atomic mass is 79.9. The fourth-order valence-electron chi connectivity index (χ4n) is 1.80. The molecule has 0 heterocycles. The van der Waals surface area contributed by atoms with Gasteiger partial charge >= 0.3 is 5.97 Å². The second-order valence-electron chi connectivity index (χ2n) is 4.45. The summed E-state index contributed by atoms with van der Waals surface area (Å²) in [5.74, 6) is 0.0870. The van der Waals surface area contributed by atoms with Crippen LogP contribution in [0.1, 0.15) is 15.9 Å². The summed E-state index contributed by atoms with van der Waals surface area (Å²) >= 11 is 5.23. The average Bonchev–Trinajstić information content (AvgIpc) is 2.49. The zero-order valence-corrected chi connectivity index (χ0v) is 13.8. The molecule has 2 N–H and O–H groups in total. The molecule has 5 heteroatoms. The van der Waals surface area contributed by atoms with Crippen molar-refractivity contribution in [2.45, 2.75) is 11.4 Å². The molecule has 0 saturated heterocycles. The number of benzene rings is 2. The zero-order valence-electron chi connectivity index (χ0n) is 11.4. The summed E-state index contributed by atoms with van der Waals surface area (Å²) in [4.78, 5) is 12.1. The number of halogens is 1. The molecule has 0 bridgehead atoms. The van der Waals surface area contributed by atoms with Gasteiger partial charge in [0.1, 0.15) is 0 Å². The molecule has 0 unspecified atom stereocenters. The smallest absolute Gasteiger partial charge is 0.335 e. The normalized spacial score (nSPS) is 10.5. The molecule has 0 saturated carbocycles. The SMILES string of the molecule is O=C(O)c1ccc(CNCCSc2ccccc2)c(Br)c1. The van der Waals surface area contributed by atoms with E-state index in [1.165, 1.54) is 4.90 Å². The lowest BCUT2D eigenvalue weighted by molar-refractivity contribution is 0.0697. The van der Waals surface area contributed by atoms with Crippen LogP contribution in [-0.2, 0) is 6.54 Å². The molecule has 110 valence electrons. The molecule has 0 aliphatic rings. The Kier molecular flexibility index (Phi) is 6.29. The third kappa shape index (κ3) is 5.19. The van der Waals surface area contributed by atoms with Gasteiger partial charge in [-0.05, 0) is 29.8 Å². The monoisotopic (exact) mass is 365 g/mol. The van der Waals surface area contributed by atoms with Crippen LogP contribution in [0.2, 0.25) is 0 Å². The van der Waals surface area contributed by atoms with Gasteiger partial charge in [-0.2, -0.15) is 0 Å². The van der Waals surface area contributed by atoms with Crippen LogP contribution in [0.3, 0.4) is 0 Å². The zero-order chi connectivity index (χ0) is 15.1. The standard InChI is InChI=1S/C16H16BrNO2S/c17-15-10-12(16(19)20)6-7-13(15)11-18-8-9-21-14-4-2-1-3-5-14/h1-7,10,18H,8-9,11H2,(H,19,20). The Labute approximate surface area is 136 Å². The number of hydrogen-bond donors (Lipinski definition) is 2. The molecule has 3 nitrogen and oxygen atoms in total. The van der Waals surface area contributed by atoms with E-state index in [1.54, 1.807) is 12.1 Å². The number of carboxylic acid groups (broad SMARTS) is 1. The summed E-state index contributed by atoms with van der Waals surface area (Å²) < 4.78 is 0.825. The first-order valence-corrected chi connectivity index (χ1v) is 8.35. The quantitative estimate of drug-likeness (QED) is 0.574. The number of thioether (sulfide) groups is 1. The van der Waals surface area contributed by atoms with E-state index in [4.69, 9.17) is 5.11 Å². The molecular weight excluding hydrogens is 350 g/mol. The van der Waals surface area contributed by atoms with Crippen molar-refractivity contribution in [1.82, 2.24) is 5.32 Å². The Morgan fingerprint density at radius 3 is 2.62 bits per heavy atom.